The number of benzene rings is 1. The van der Waals surface area contributed by atoms with Crippen molar-refractivity contribution >= 4 is 34.6 Å². The van der Waals surface area contributed by atoms with Crippen molar-refractivity contribution in [3.05, 3.63) is 24.4 Å². The van der Waals surface area contributed by atoms with Gasteiger partial charge in [-0.15, -0.1) is 0 Å². The highest BCUT2D eigenvalue weighted by atomic mass is 35.5. The molecule has 68 valence electrons. The normalized spacial score (nSPS) is 10.3. The van der Waals surface area contributed by atoms with Gasteiger partial charge in [-0.05, 0) is 12.1 Å². The van der Waals surface area contributed by atoms with E-state index in [1.165, 1.54) is 0 Å². The first-order valence-electron chi connectivity index (χ1n) is 3.53. The Balaban J connectivity index is 2.67. The van der Waals surface area contributed by atoms with Gasteiger partial charge in [0.2, 0.25) is 0 Å². The van der Waals surface area contributed by atoms with Crippen molar-refractivity contribution in [2.75, 3.05) is 0 Å². The summed E-state index contributed by atoms with van der Waals surface area (Å²) in [7, 11) is 0. The molecule has 13 heavy (non-hydrogen) atoms. The molecule has 0 aliphatic rings. The van der Waals surface area contributed by atoms with Crippen molar-refractivity contribution < 1.29 is 8.58 Å². The van der Waals surface area contributed by atoms with Crippen LogP contribution in [0.5, 0.6) is 11.5 Å². The fourth-order valence-corrected chi connectivity index (χ4v) is 1.42. The zero-order valence-corrected chi connectivity index (χ0v) is 7.89. The SMILES string of the molecule is ClOc1cc2cc[nH]c2cc1OCl. The molecule has 0 aliphatic carbocycles. The molecule has 0 saturated carbocycles. The molecule has 0 spiro atoms. The number of hydrogen-bond donors (Lipinski definition) is 1. The van der Waals surface area contributed by atoms with Crippen LogP contribution < -0.4 is 8.58 Å². The maximum absolute atomic E-state index is 5.23. The molecule has 0 saturated heterocycles. The van der Waals surface area contributed by atoms with E-state index in [-0.39, 0.29) is 0 Å². The van der Waals surface area contributed by atoms with Crippen LogP contribution in [0.3, 0.4) is 0 Å². The minimum atomic E-state index is 0.381. The van der Waals surface area contributed by atoms with E-state index < -0.39 is 0 Å². The van der Waals surface area contributed by atoms with E-state index in [1.54, 1.807) is 18.3 Å². The van der Waals surface area contributed by atoms with E-state index in [4.69, 9.17) is 23.7 Å². The highest BCUT2D eigenvalue weighted by Crippen LogP contribution is 2.33. The number of halogens is 2. The summed E-state index contributed by atoms with van der Waals surface area (Å²) in [5.74, 6) is 0.774. The van der Waals surface area contributed by atoms with Gasteiger partial charge in [-0.1, -0.05) is 0 Å². The molecule has 0 amide bonds. The van der Waals surface area contributed by atoms with Gasteiger partial charge in [0.25, 0.3) is 0 Å². The van der Waals surface area contributed by atoms with Gasteiger partial charge in [-0.3, -0.25) is 0 Å². The fraction of sp³-hybridized carbons (Fsp3) is 0. The molecular formula is C8H5Cl2NO2. The summed E-state index contributed by atoms with van der Waals surface area (Å²) in [5, 5.41) is 0.980. The average molecular weight is 218 g/mol. The van der Waals surface area contributed by atoms with Gasteiger partial charge >= 0.3 is 0 Å². The van der Waals surface area contributed by atoms with Crippen molar-refractivity contribution in [1.82, 2.24) is 4.98 Å². The zero-order valence-electron chi connectivity index (χ0n) is 6.38. The number of aromatic amines is 1. The number of fused-ring (bicyclic) bond motifs is 1. The van der Waals surface area contributed by atoms with Crippen LogP contribution in [0.4, 0.5) is 0 Å². The summed E-state index contributed by atoms with van der Waals surface area (Å²) in [5.41, 5.74) is 0.910. The molecule has 0 bridgehead atoms. The first-order chi connectivity index (χ1) is 6.35. The molecule has 1 aromatic carbocycles. The molecule has 1 aromatic heterocycles. The number of aromatic nitrogens is 1. The second-order valence-electron chi connectivity index (χ2n) is 2.52. The third-order valence-electron chi connectivity index (χ3n) is 1.78. The first-order valence-corrected chi connectivity index (χ1v) is 4.15. The van der Waals surface area contributed by atoms with Crippen molar-refractivity contribution in [2.24, 2.45) is 0 Å². The number of H-pyrrole nitrogens is 1. The van der Waals surface area contributed by atoms with Crippen molar-refractivity contribution in [3.63, 3.8) is 0 Å². The lowest BCUT2D eigenvalue weighted by Gasteiger charge is -2.02. The Hall–Kier alpha value is -1.06. The van der Waals surface area contributed by atoms with Crippen molar-refractivity contribution in [2.45, 2.75) is 0 Å². The number of hydrogen-bond acceptors (Lipinski definition) is 2. The molecule has 0 fully saturated rings. The topological polar surface area (TPSA) is 34.2 Å². The minimum Gasteiger partial charge on any atom is -0.381 e. The fourth-order valence-electron chi connectivity index (χ4n) is 1.18. The largest absolute Gasteiger partial charge is 0.381 e. The zero-order chi connectivity index (χ0) is 9.26. The summed E-state index contributed by atoms with van der Waals surface area (Å²) in [6, 6.07) is 5.34. The second-order valence-corrected chi connectivity index (χ2v) is 2.83. The summed E-state index contributed by atoms with van der Waals surface area (Å²) in [6.07, 6.45) is 1.81. The average Bonchev–Trinajstić information content (AvgIpc) is 2.62. The predicted octanol–water partition coefficient (Wildman–Crippen LogP) is 3.23. The summed E-state index contributed by atoms with van der Waals surface area (Å²) >= 11 is 10.5. The van der Waals surface area contributed by atoms with Gasteiger partial charge in [-0.2, -0.15) is 0 Å². The lowest BCUT2D eigenvalue weighted by molar-refractivity contribution is 0.545. The van der Waals surface area contributed by atoms with Gasteiger partial charge in [-0.25, -0.2) is 0 Å². The van der Waals surface area contributed by atoms with Crippen LogP contribution >= 0.6 is 23.7 Å². The van der Waals surface area contributed by atoms with Gasteiger partial charge in [0.05, 0.1) is 0 Å². The van der Waals surface area contributed by atoms with Crippen LogP contribution in [0.25, 0.3) is 10.9 Å². The van der Waals surface area contributed by atoms with E-state index in [2.05, 4.69) is 13.6 Å². The molecule has 0 radical (unpaired) electrons. The Morgan fingerprint density at radius 3 is 2.46 bits per heavy atom. The molecule has 0 unspecified atom stereocenters. The van der Waals surface area contributed by atoms with E-state index >= 15 is 0 Å². The van der Waals surface area contributed by atoms with Crippen LogP contribution in [-0.2, 0) is 0 Å². The highest BCUT2D eigenvalue weighted by Gasteiger charge is 2.07. The summed E-state index contributed by atoms with van der Waals surface area (Å²) in [4.78, 5) is 3.01. The molecular weight excluding hydrogens is 213 g/mol. The molecule has 2 rings (SSSR count). The Morgan fingerprint density at radius 1 is 1.08 bits per heavy atom. The second kappa shape index (κ2) is 3.36. The molecule has 5 heteroatoms. The van der Waals surface area contributed by atoms with Crippen LogP contribution in [0.2, 0.25) is 0 Å². The minimum absolute atomic E-state index is 0.381. The summed E-state index contributed by atoms with van der Waals surface area (Å²) in [6.45, 7) is 0. The summed E-state index contributed by atoms with van der Waals surface area (Å²) < 4.78 is 9.12. The Morgan fingerprint density at radius 2 is 1.77 bits per heavy atom. The molecule has 2 aromatic rings. The maximum Gasteiger partial charge on any atom is 0.192 e. The molecule has 0 aliphatic heterocycles. The van der Waals surface area contributed by atoms with Gasteiger partial charge in [0, 0.05) is 23.2 Å². The molecule has 1 N–H and O–H groups in total. The standard InChI is InChI=1S/C8H5Cl2NO2/c9-12-7-3-5-1-2-11-6(5)4-8(7)13-10/h1-4,11H. The third-order valence-corrected chi connectivity index (χ3v) is 2.12. The van der Waals surface area contributed by atoms with E-state index in [1.807, 2.05) is 6.07 Å². The monoisotopic (exact) mass is 217 g/mol. The number of nitrogens with one attached hydrogen (secondary N) is 1. The molecule has 1 heterocycles. The lowest BCUT2D eigenvalue weighted by atomic mass is 10.2. The smallest absolute Gasteiger partial charge is 0.192 e. The van der Waals surface area contributed by atoms with E-state index in [0.29, 0.717) is 11.5 Å². The third kappa shape index (κ3) is 1.41. The van der Waals surface area contributed by atoms with Crippen LogP contribution in [0.1, 0.15) is 0 Å². The maximum atomic E-state index is 5.23. The van der Waals surface area contributed by atoms with Crippen molar-refractivity contribution in [1.29, 1.82) is 0 Å². The lowest BCUT2D eigenvalue weighted by Crippen LogP contribution is -1.82. The van der Waals surface area contributed by atoms with Gasteiger partial charge in [0.1, 0.15) is 23.7 Å². The predicted molar refractivity (Wildman–Crippen MR) is 51.3 cm³/mol. The van der Waals surface area contributed by atoms with Gasteiger partial charge in [0.15, 0.2) is 11.5 Å². The highest BCUT2D eigenvalue weighted by molar-refractivity contribution is 6.11. The Kier molecular flexibility index (Phi) is 2.20. The van der Waals surface area contributed by atoms with E-state index in [9.17, 15) is 0 Å². The van der Waals surface area contributed by atoms with E-state index in [0.717, 1.165) is 10.9 Å². The Labute approximate surface area is 84.5 Å². The molecule has 0 atom stereocenters. The van der Waals surface area contributed by atoms with Crippen LogP contribution in [-0.4, -0.2) is 4.98 Å². The van der Waals surface area contributed by atoms with Crippen molar-refractivity contribution in [3.8, 4) is 11.5 Å². The van der Waals surface area contributed by atoms with Crippen LogP contribution in [0.15, 0.2) is 24.4 Å². The molecule has 3 nitrogen and oxygen atoms in total. The van der Waals surface area contributed by atoms with Gasteiger partial charge < -0.3 is 13.6 Å². The quantitative estimate of drug-likeness (QED) is 0.839. The number of rotatable bonds is 2. The first kappa shape index (κ1) is 8.53. The van der Waals surface area contributed by atoms with Crippen LogP contribution in [0, 0.1) is 0 Å². The Bertz CT molecular complexity index is 389.